The van der Waals surface area contributed by atoms with Gasteiger partial charge in [-0.1, -0.05) is 13.3 Å². The molecular formula is C12H24N2O4S. The number of unbranched alkanes of at least 4 members (excludes halogenated alkanes) is 1. The Morgan fingerprint density at radius 2 is 1.89 bits per heavy atom. The average molecular weight is 292 g/mol. The molecule has 0 N–H and O–H groups in total. The van der Waals surface area contributed by atoms with E-state index in [0.717, 1.165) is 12.8 Å². The zero-order valence-corrected chi connectivity index (χ0v) is 12.6. The fraction of sp³-hybridized carbons (Fsp3) is 0.917. The number of ether oxygens (including phenoxy) is 1. The Labute approximate surface area is 115 Å². The molecule has 1 amide bonds. The van der Waals surface area contributed by atoms with Crippen molar-refractivity contribution in [2.24, 2.45) is 0 Å². The van der Waals surface area contributed by atoms with Gasteiger partial charge in [0.2, 0.25) is 15.9 Å². The van der Waals surface area contributed by atoms with Gasteiger partial charge in [-0.2, -0.15) is 0 Å². The van der Waals surface area contributed by atoms with Crippen LogP contribution in [0.1, 0.15) is 26.2 Å². The standard InChI is InChI=1S/C12H24N2O4S/c1-3-4-6-14(19(2,16)17)7-5-12(15)13-8-10-18-11-9-13/h3-11H2,1-2H3. The molecular weight excluding hydrogens is 268 g/mol. The molecule has 6 nitrogen and oxygen atoms in total. The third kappa shape index (κ3) is 5.88. The van der Waals surface area contributed by atoms with E-state index in [1.165, 1.54) is 10.6 Å². The monoisotopic (exact) mass is 292 g/mol. The van der Waals surface area contributed by atoms with Gasteiger partial charge in [0.05, 0.1) is 19.5 Å². The first kappa shape index (κ1) is 16.4. The van der Waals surface area contributed by atoms with Gasteiger partial charge >= 0.3 is 0 Å². The highest BCUT2D eigenvalue weighted by Crippen LogP contribution is 2.06. The fourth-order valence-electron chi connectivity index (χ4n) is 1.97. The Hall–Kier alpha value is -0.660. The maximum atomic E-state index is 12.0. The van der Waals surface area contributed by atoms with E-state index in [2.05, 4.69) is 0 Å². The maximum absolute atomic E-state index is 12.0. The van der Waals surface area contributed by atoms with Crippen molar-refractivity contribution in [3.63, 3.8) is 0 Å². The summed E-state index contributed by atoms with van der Waals surface area (Å²) in [6, 6.07) is 0. The van der Waals surface area contributed by atoms with Gasteiger partial charge in [0.1, 0.15) is 0 Å². The number of carbonyl (C=O) groups is 1. The molecule has 0 atom stereocenters. The van der Waals surface area contributed by atoms with Gasteiger partial charge < -0.3 is 9.64 Å². The normalized spacial score (nSPS) is 16.9. The number of hydrogen-bond donors (Lipinski definition) is 0. The molecule has 7 heteroatoms. The lowest BCUT2D eigenvalue weighted by atomic mass is 10.3. The summed E-state index contributed by atoms with van der Waals surface area (Å²) in [5, 5.41) is 0. The summed E-state index contributed by atoms with van der Waals surface area (Å²) in [5.41, 5.74) is 0. The Kier molecular flexibility index (Phi) is 6.74. The topological polar surface area (TPSA) is 66.9 Å². The van der Waals surface area contributed by atoms with E-state index >= 15 is 0 Å². The number of carbonyl (C=O) groups excluding carboxylic acids is 1. The third-order valence-corrected chi connectivity index (χ3v) is 4.47. The van der Waals surface area contributed by atoms with E-state index in [1.54, 1.807) is 4.90 Å². The van der Waals surface area contributed by atoms with E-state index in [1.807, 2.05) is 6.92 Å². The molecule has 19 heavy (non-hydrogen) atoms. The van der Waals surface area contributed by atoms with E-state index in [9.17, 15) is 13.2 Å². The van der Waals surface area contributed by atoms with Gasteiger partial charge in [0.15, 0.2) is 0 Å². The predicted molar refractivity (Wildman–Crippen MR) is 73.3 cm³/mol. The molecule has 1 aliphatic heterocycles. The van der Waals surface area contributed by atoms with Gasteiger partial charge in [-0.05, 0) is 6.42 Å². The highest BCUT2D eigenvalue weighted by molar-refractivity contribution is 7.88. The van der Waals surface area contributed by atoms with Crippen molar-refractivity contribution in [3.8, 4) is 0 Å². The van der Waals surface area contributed by atoms with Crippen molar-refractivity contribution in [3.05, 3.63) is 0 Å². The van der Waals surface area contributed by atoms with E-state index < -0.39 is 10.0 Å². The van der Waals surface area contributed by atoms with Gasteiger partial charge in [-0.15, -0.1) is 0 Å². The molecule has 0 aromatic heterocycles. The Bertz CT molecular complexity index is 377. The molecule has 1 fully saturated rings. The van der Waals surface area contributed by atoms with Crippen LogP contribution in [0.15, 0.2) is 0 Å². The molecule has 0 spiro atoms. The minimum absolute atomic E-state index is 0.00782. The minimum Gasteiger partial charge on any atom is -0.378 e. The van der Waals surface area contributed by atoms with Crippen molar-refractivity contribution in [1.29, 1.82) is 0 Å². The van der Waals surface area contributed by atoms with Crippen molar-refractivity contribution in [2.75, 3.05) is 45.6 Å². The lowest BCUT2D eigenvalue weighted by Crippen LogP contribution is -2.42. The first-order chi connectivity index (χ1) is 8.95. The average Bonchev–Trinajstić information content (AvgIpc) is 2.38. The molecule has 1 saturated heterocycles. The molecule has 0 aliphatic carbocycles. The van der Waals surface area contributed by atoms with Crippen molar-refractivity contribution < 1.29 is 17.9 Å². The van der Waals surface area contributed by atoms with Crippen LogP contribution in [-0.4, -0.2) is 69.2 Å². The van der Waals surface area contributed by atoms with Crippen molar-refractivity contribution >= 4 is 15.9 Å². The largest absolute Gasteiger partial charge is 0.378 e. The summed E-state index contributed by atoms with van der Waals surface area (Å²) >= 11 is 0. The van der Waals surface area contributed by atoms with Gasteiger partial charge in [-0.3, -0.25) is 4.79 Å². The second kappa shape index (κ2) is 7.81. The van der Waals surface area contributed by atoms with E-state index in [4.69, 9.17) is 4.74 Å². The van der Waals surface area contributed by atoms with Crippen LogP contribution < -0.4 is 0 Å². The quantitative estimate of drug-likeness (QED) is 0.677. The van der Waals surface area contributed by atoms with Crippen LogP contribution in [0.3, 0.4) is 0 Å². The number of rotatable bonds is 7. The highest BCUT2D eigenvalue weighted by atomic mass is 32.2. The first-order valence-corrected chi connectivity index (χ1v) is 8.60. The SMILES string of the molecule is CCCCN(CCC(=O)N1CCOCC1)S(C)(=O)=O. The van der Waals surface area contributed by atoms with E-state index in [-0.39, 0.29) is 18.9 Å². The smallest absolute Gasteiger partial charge is 0.224 e. The molecule has 1 rings (SSSR count). The molecule has 0 radical (unpaired) electrons. The van der Waals surface area contributed by atoms with Crippen LogP contribution in [0.4, 0.5) is 0 Å². The highest BCUT2D eigenvalue weighted by Gasteiger charge is 2.21. The Morgan fingerprint density at radius 3 is 2.42 bits per heavy atom. The molecule has 0 saturated carbocycles. The first-order valence-electron chi connectivity index (χ1n) is 6.75. The van der Waals surface area contributed by atoms with Crippen molar-refractivity contribution in [2.45, 2.75) is 26.2 Å². The Balaban J connectivity index is 2.44. The number of nitrogens with zero attached hydrogens (tertiary/aromatic N) is 2. The Morgan fingerprint density at radius 1 is 1.26 bits per heavy atom. The van der Waals surface area contributed by atoms with Crippen LogP contribution in [-0.2, 0) is 19.6 Å². The summed E-state index contributed by atoms with van der Waals surface area (Å²) in [5.74, 6) is 0.00782. The zero-order valence-electron chi connectivity index (χ0n) is 11.8. The van der Waals surface area contributed by atoms with Crippen LogP contribution in [0.2, 0.25) is 0 Å². The van der Waals surface area contributed by atoms with Crippen LogP contribution >= 0.6 is 0 Å². The summed E-state index contributed by atoms with van der Waals surface area (Å²) in [4.78, 5) is 13.7. The number of hydrogen-bond acceptors (Lipinski definition) is 4. The summed E-state index contributed by atoms with van der Waals surface area (Å²) in [7, 11) is -3.23. The lowest BCUT2D eigenvalue weighted by Gasteiger charge is -2.28. The maximum Gasteiger partial charge on any atom is 0.224 e. The molecule has 0 bridgehead atoms. The fourth-order valence-corrected chi connectivity index (χ4v) is 2.85. The third-order valence-electron chi connectivity index (χ3n) is 3.17. The number of morpholine rings is 1. The molecule has 0 aromatic rings. The summed E-state index contributed by atoms with van der Waals surface area (Å²) < 4.78 is 29.8. The van der Waals surface area contributed by atoms with E-state index in [0.29, 0.717) is 32.8 Å². The molecule has 0 aromatic carbocycles. The summed E-state index contributed by atoms with van der Waals surface area (Å²) in [6.45, 7) is 5.12. The molecule has 112 valence electrons. The second-order valence-electron chi connectivity index (χ2n) is 4.76. The molecule has 0 unspecified atom stereocenters. The molecule has 1 aliphatic rings. The van der Waals surface area contributed by atoms with Crippen LogP contribution in [0, 0.1) is 0 Å². The van der Waals surface area contributed by atoms with Gasteiger partial charge in [0.25, 0.3) is 0 Å². The predicted octanol–water partition coefficient (Wildman–Crippen LogP) is 0.297. The summed E-state index contributed by atoms with van der Waals surface area (Å²) in [6.07, 6.45) is 3.20. The lowest BCUT2D eigenvalue weighted by molar-refractivity contribution is -0.135. The van der Waals surface area contributed by atoms with Gasteiger partial charge in [0, 0.05) is 32.6 Å². The minimum atomic E-state index is -3.23. The van der Waals surface area contributed by atoms with Crippen molar-refractivity contribution in [1.82, 2.24) is 9.21 Å². The van der Waals surface area contributed by atoms with Crippen LogP contribution in [0.25, 0.3) is 0 Å². The number of amides is 1. The van der Waals surface area contributed by atoms with Gasteiger partial charge in [-0.25, -0.2) is 12.7 Å². The second-order valence-corrected chi connectivity index (χ2v) is 6.74. The molecule has 1 heterocycles. The number of sulfonamides is 1. The van der Waals surface area contributed by atoms with Crippen LogP contribution in [0.5, 0.6) is 0 Å². The zero-order chi connectivity index (χ0) is 14.3.